The van der Waals surface area contributed by atoms with Crippen LogP contribution >= 0.6 is 11.3 Å². The molecule has 4 fully saturated rings. The van der Waals surface area contributed by atoms with Gasteiger partial charge >= 0.3 is 6.09 Å². The van der Waals surface area contributed by atoms with E-state index < -0.39 is 5.60 Å². The topological polar surface area (TPSA) is 57.5 Å². The van der Waals surface area contributed by atoms with Crippen molar-refractivity contribution in [1.29, 1.82) is 0 Å². The molecule has 2 saturated carbocycles. The fraction of sp³-hybridized carbons (Fsp3) is 0.552. The Labute approximate surface area is 216 Å². The summed E-state index contributed by atoms with van der Waals surface area (Å²) in [6.07, 6.45) is -0.298. The number of nitrogens with one attached hydrogen (secondary N) is 1. The summed E-state index contributed by atoms with van der Waals surface area (Å²) in [5.41, 5.74) is 3.54. The molecular formula is C29H35N4O2S+. The Bertz CT molecular complexity index is 1410. The number of carbonyl (C=O) groups excluding carboxylic acids is 1. The number of hydrogen-bond acceptors (Lipinski definition) is 5. The lowest BCUT2D eigenvalue weighted by Gasteiger charge is -2.24. The predicted molar refractivity (Wildman–Crippen MR) is 144 cm³/mol. The van der Waals surface area contributed by atoms with Crippen LogP contribution in [0.1, 0.15) is 34.6 Å². The minimum Gasteiger partial charge on any atom is -0.444 e. The number of anilines is 1. The second-order valence-electron chi connectivity index (χ2n) is 12.9. The van der Waals surface area contributed by atoms with E-state index in [-0.39, 0.29) is 12.1 Å². The predicted octanol–water partition coefficient (Wildman–Crippen LogP) is 4.42. The second-order valence-corrected chi connectivity index (χ2v) is 13.9. The molecule has 4 unspecified atom stereocenters. The normalized spacial score (nSPS) is 29.9. The third-order valence-electron chi connectivity index (χ3n) is 9.08. The number of nitrogens with zero attached hydrogens (tertiary/aromatic N) is 3. The highest BCUT2D eigenvalue weighted by Gasteiger charge is 2.62. The standard InChI is InChI=1S/C29H34N4O2S/c1-28(2,3)35-27(34)31-26-18-12-32(13-19(18)26)16-6-8-22-24(10-16)36-25-11-17(7-9-23(25)30-22)33-14-20-21(15-33)29(20,4)5/h6-11,18-21,26H,12-15H2,1-5H3/p+1. The highest BCUT2D eigenvalue weighted by molar-refractivity contribution is 7.21. The van der Waals surface area contributed by atoms with E-state index in [1.807, 2.05) is 32.1 Å². The summed E-state index contributed by atoms with van der Waals surface area (Å²) in [5, 5.41) is 4.32. The Kier molecular flexibility index (Phi) is 4.65. The SMILES string of the molecule is CC(C)(C)OC(=O)NC1C2C[N+](=c3ccc4nc5ccc(N6CC7C(C6)C7(C)C)cc5sc-4c3)CC21. The van der Waals surface area contributed by atoms with Gasteiger partial charge < -0.3 is 15.0 Å². The Morgan fingerprint density at radius 3 is 2.53 bits per heavy atom. The van der Waals surface area contributed by atoms with Gasteiger partial charge in [0.2, 0.25) is 5.36 Å². The van der Waals surface area contributed by atoms with E-state index in [4.69, 9.17) is 9.72 Å². The van der Waals surface area contributed by atoms with Gasteiger partial charge in [0.05, 0.1) is 26.8 Å². The second kappa shape index (κ2) is 7.44. The molecule has 1 aromatic carbocycles. The lowest BCUT2D eigenvalue weighted by molar-refractivity contribution is 0.0517. The van der Waals surface area contributed by atoms with Gasteiger partial charge in [-0.25, -0.2) is 14.4 Å². The summed E-state index contributed by atoms with van der Waals surface area (Å²) in [5.74, 6) is 2.70. The largest absolute Gasteiger partial charge is 0.444 e. The molecule has 3 heterocycles. The van der Waals surface area contributed by atoms with Gasteiger partial charge in [0.25, 0.3) is 0 Å². The molecule has 36 heavy (non-hydrogen) atoms. The molecule has 188 valence electrons. The summed E-state index contributed by atoms with van der Waals surface area (Å²) in [7, 11) is 0. The smallest absolute Gasteiger partial charge is 0.407 e. The maximum atomic E-state index is 12.1. The quantitative estimate of drug-likeness (QED) is 0.416. The molecule has 7 heteroatoms. The van der Waals surface area contributed by atoms with Crippen molar-refractivity contribution in [3.05, 3.63) is 41.8 Å². The molecule has 7 rings (SSSR count). The van der Waals surface area contributed by atoms with Crippen LogP contribution in [0.3, 0.4) is 0 Å². The molecule has 1 aromatic rings. The van der Waals surface area contributed by atoms with Crippen molar-refractivity contribution in [2.24, 2.45) is 29.1 Å². The maximum Gasteiger partial charge on any atom is 0.407 e. The van der Waals surface area contributed by atoms with Crippen LogP contribution in [0.4, 0.5) is 10.5 Å². The molecule has 0 spiro atoms. The molecule has 0 aromatic heterocycles. The number of alkyl carbamates (subject to hydrolysis) is 1. The number of amides is 1. The summed E-state index contributed by atoms with van der Waals surface area (Å²) in [6.45, 7) is 14.8. The molecule has 2 saturated heterocycles. The first-order chi connectivity index (χ1) is 17.1. The first kappa shape index (κ1) is 22.5. The van der Waals surface area contributed by atoms with Crippen LogP contribution in [-0.4, -0.2) is 48.9 Å². The van der Waals surface area contributed by atoms with Crippen molar-refractivity contribution in [3.8, 4) is 10.6 Å². The van der Waals surface area contributed by atoms with E-state index in [0.29, 0.717) is 17.3 Å². The van der Waals surface area contributed by atoms with Crippen LogP contribution in [0.5, 0.6) is 0 Å². The number of benzene rings is 2. The number of rotatable bonds is 2. The minimum atomic E-state index is -0.461. The lowest BCUT2D eigenvalue weighted by atomic mass is 10.1. The molecule has 1 N–H and O–H groups in total. The summed E-state index contributed by atoms with van der Waals surface area (Å²) < 4.78 is 9.14. The summed E-state index contributed by atoms with van der Waals surface area (Å²) in [6, 6.07) is 13.7. The molecular weight excluding hydrogens is 468 g/mol. The first-order valence-corrected chi connectivity index (χ1v) is 14.1. The van der Waals surface area contributed by atoms with Crippen molar-refractivity contribution in [1.82, 2.24) is 14.9 Å². The van der Waals surface area contributed by atoms with Crippen molar-refractivity contribution < 1.29 is 9.53 Å². The van der Waals surface area contributed by atoms with E-state index in [9.17, 15) is 4.79 Å². The van der Waals surface area contributed by atoms with Gasteiger partial charge in [-0.15, -0.1) is 11.3 Å². The van der Waals surface area contributed by atoms with E-state index in [1.165, 1.54) is 33.7 Å². The number of carbonyl (C=O) groups is 1. The van der Waals surface area contributed by atoms with Crippen molar-refractivity contribution in [3.63, 3.8) is 0 Å². The van der Waals surface area contributed by atoms with Gasteiger partial charge in [0, 0.05) is 42.7 Å². The monoisotopic (exact) mass is 503 g/mol. The van der Waals surface area contributed by atoms with Gasteiger partial charge in [-0.3, -0.25) is 0 Å². The lowest BCUT2D eigenvalue weighted by Crippen LogP contribution is -2.39. The molecule has 6 aliphatic rings. The highest BCUT2D eigenvalue weighted by Crippen LogP contribution is 2.62. The third-order valence-corrected chi connectivity index (χ3v) is 10.2. The Balaban J connectivity index is 1.10. The molecule has 6 nitrogen and oxygen atoms in total. The Morgan fingerprint density at radius 1 is 1.11 bits per heavy atom. The number of hydrogen-bond donors (Lipinski definition) is 1. The van der Waals surface area contributed by atoms with Crippen LogP contribution in [0.15, 0.2) is 36.4 Å². The average Bonchev–Trinajstić information content (AvgIpc) is 3.34. The van der Waals surface area contributed by atoms with Gasteiger partial charge in [0.1, 0.15) is 18.7 Å². The van der Waals surface area contributed by atoms with Crippen molar-refractivity contribution in [2.75, 3.05) is 31.1 Å². The zero-order valence-electron chi connectivity index (χ0n) is 21.7. The van der Waals surface area contributed by atoms with Crippen LogP contribution in [0.2, 0.25) is 0 Å². The molecule has 0 bridgehead atoms. The van der Waals surface area contributed by atoms with E-state index in [2.05, 4.69) is 65.0 Å². The maximum absolute atomic E-state index is 12.1. The fourth-order valence-corrected chi connectivity index (χ4v) is 7.77. The third kappa shape index (κ3) is 3.69. The fourth-order valence-electron chi connectivity index (χ4n) is 6.73. The summed E-state index contributed by atoms with van der Waals surface area (Å²) in [4.78, 5) is 20.9. The number of fused-ring (bicyclic) bond motifs is 4. The van der Waals surface area contributed by atoms with E-state index >= 15 is 0 Å². The zero-order valence-corrected chi connectivity index (χ0v) is 22.6. The first-order valence-electron chi connectivity index (χ1n) is 13.2. The van der Waals surface area contributed by atoms with Gasteiger partial charge in [-0.2, -0.15) is 0 Å². The van der Waals surface area contributed by atoms with Crippen molar-refractivity contribution >= 4 is 33.3 Å². The van der Waals surface area contributed by atoms with Gasteiger partial charge in [0.15, 0.2) is 0 Å². The minimum absolute atomic E-state index is 0.241. The molecule has 4 atom stereocenters. The number of aromatic nitrogens is 1. The molecule has 0 radical (unpaired) electrons. The number of ether oxygens (including phenoxy) is 1. The summed E-state index contributed by atoms with van der Waals surface area (Å²) >= 11 is 1.85. The molecule has 3 aliphatic carbocycles. The van der Waals surface area contributed by atoms with Crippen LogP contribution < -0.4 is 20.1 Å². The van der Waals surface area contributed by atoms with Gasteiger partial charge in [-0.05, 0) is 62.3 Å². The van der Waals surface area contributed by atoms with Crippen molar-refractivity contribution in [2.45, 2.75) is 46.3 Å². The van der Waals surface area contributed by atoms with E-state index in [0.717, 1.165) is 36.1 Å². The van der Waals surface area contributed by atoms with Crippen LogP contribution in [-0.2, 0) is 4.74 Å². The Hall–Kier alpha value is -2.67. The highest BCUT2D eigenvalue weighted by atomic mass is 32.1. The Morgan fingerprint density at radius 2 is 1.83 bits per heavy atom. The average molecular weight is 504 g/mol. The molecule has 1 amide bonds. The van der Waals surface area contributed by atoms with Crippen LogP contribution in [0, 0.1) is 29.1 Å². The van der Waals surface area contributed by atoms with E-state index in [1.54, 1.807) is 0 Å². The van der Waals surface area contributed by atoms with Gasteiger partial charge in [-0.1, -0.05) is 13.8 Å². The zero-order chi connectivity index (χ0) is 25.0. The van der Waals surface area contributed by atoms with Crippen LogP contribution in [0.25, 0.3) is 20.8 Å². The molecule has 3 aliphatic heterocycles. The number of piperidine rings is 2.